The van der Waals surface area contributed by atoms with Crippen molar-refractivity contribution in [3.05, 3.63) is 58.1 Å². The topological polar surface area (TPSA) is 303 Å². The number of hydrogen-bond acceptors (Lipinski definition) is 20. The van der Waals surface area contributed by atoms with Gasteiger partial charge in [0, 0.05) is 37.6 Å². The summed E-state index contributed by atoms with van der Waals surface area (Å²) in [6, 6.07) is 7.15. The van der Waals surface area contributed by atoms with Crippen LogP contribution in [0.25, 0.3) is 12.2 Å². The summed E-state index contributed by atoms with van der Waals surface area (Å²) in [6.07, 6.45) is 2.25. The number of nitrogens with zero attached hydrogens (tertiary/aromatic N) is 8. The van der Waals surface area contributed by atoms with Gasteiger partial charge in [-0.15, -0.1) is 0 Å². The van der Waals surface area contributed by atoms with Crippen LogP contribution in [0.1, 0.15) is 11.1 Å². The predicted octanol–water partition coefficient (Wildman–Crippen LogP) is -5.58. The van der Waals surface area contributed by atoms with Crippen molar-refractivity contribution < 1.29 is 105 Å². The van der Waals surface area contributed by atoms with Crippen molar-refractivity contribution in [2.75, 3.05) is 73.0 Å². The summed E-state index contributed by atoms with van der Waals surface area (Å²) in [5.74, 6) is -0.319. The Morgan fingerprint density at radius 2 is 0.926 bits per heavy atom. The zero-order chi connectivity index (χ0) is 38.1. The van der Waals surface area contributed by atoms with Crippen LogP contribution >= 0.6 is 23.2 Å². The molecule has 0 spiro atoms. The second-order valence-corrected chi connectivity index (χ2v) is 13.7. The molecule has 0 unspecified atom stereocenters. The molecule has 2 aromatic heterocycles. The smallest absolute Gasteiger partial charge is 0.744 e. The van der Waals surface area contributed by atoms with Crippen molar-refractivity contribution in [1.29, 1.82) is 0 Å². The van der Waals surface area contributed by atoms with E-state index in [1.54, 1.807) is 0 Å². The van der Waals surface area contributed by atoms with Crippen LogP contribution in [0.3, 0.4) is 0 Å². The van der Waals surface area contributed by atoms with E-state index in [9.17, 15) is 46.4 Å². The molecule has 0 aliphatic rings. The molecule has 4 aromatic rings. The van der Waals surface area contributed by atoms with E-state index >= 15 is 0 Å². The molecule has 0 saturated heterocycles. The molecule has 0 radical (unpaired) electrons. The minimum Gasteiger partial charge on any atom is -0.744 e. The summed E-state index contributed by atoms with van der Waals surface area (Å²) in [5, 5.41) is 42.2. The van der Waals surface area contributed by atoms with E-state index in [0.29, 0.717) is 0 Å². The quantitative estimate of drug-likeness (QED) is 0.0309. The Kier molecular flexibility index (Phi) is 19.3. The number of aliphatic hydroxyl groups is 4. The number of aliphatic hydroxyl groups excluding tert-OH is 4. The molecule has 26 heteroatoms. The van der Waals surface area contributed by atoms with Crippen LogP contribution in [-0.2, 0) is 20.2 Å². The zero-order valence-corrected chi connectivity index (χ0v) is 35.8. The van der Waals surface area contributed by atoms with Gasteiger partial charge >= 0.3 is 59.1 Å². The Balaban J connectivity index is 0.00000504. The number of halogens is 2. The monoisotopic (exact) mass is 846 g/mol. The van der Waals surface area contributed by atoms with Gasteiger partial charge in [0.25, 0.3) is 0 Å². The van der Waals surface area contributed by atoms with Crippen LogP contribution in [-0.4, -0.2) is 129 Å². The maximum Gasteiger partial charge on any atom is 1.00 e. The molecule has 0 aliphatic heterocycles. The number of hydrogen-bond donors (Lipinski definition) is 6. The van der Waals surface area contributed by atoms with Crippen LogP contribution in [0.4, 0.5) is 35.2 Å². The van der Waals surface area contributed by atoms with Crippen LogP contribution in [0.15, 0.2) is 46.2 Å². The maximum atomic E-state index is 12.3. The molecule has 0 atom stereocenters. The number of rotatable bonds is 18. The standard InChI is InChI=1S/C28H32Cl2N10O10S2.2Na/c29-23-33-25(37-27(35-23)39(7-11-41)8-12-42)31-19-5-3-17(21(15-19)51(45,46)47)1-2-18-4-6-20(16-22(18)52(48,49)50)32-26-34-24(30)36-28(38-26)40(9-13-43)10-14-44;;/h1-6,15-16,41-44H,7-14H2,(H,45,46,47)(H,48,49,50)(H,31,33,35,37)(H,32,34,36,38);;/q;2*+1/p-2/b2-1+;;. The third-order valence-corrected chi connectivity index (χ3v) is 8.88. The number of benzene rings is 2. The third-order valence-electron chi connectivity index (χ3n) is 6.76. The Hall–Kier alpha value is -2.36. The SMILES string of the molecule is O=S(=O)([O-])c1cc(Nc2nc(Cl)nc(N(CCO)CCO)n2)ccc1/C=C/c1ccc(Nc2nc(Cl)nc(N(CCO)CCO)n2)cc1S(=O)(=O)[O-].[Na+].[Na+]. The third kappa shape index (κ3) is 13.7. The first-order chi connectivity index (χ1) is 24.6. The van der Waals surface area contributed by atoms with Gasteiger partial charge in [-0.05, 0) is 58.6 Å². The fourth-order valence-electron chi connectivity index (χ4n) is 4.55. The van der Waals surface area contributed by atoms with Gasteiger partial charge < -0.3 is 50.0 Å². The van der Waals surface area contributed by atoms with Crippen LogP contribution in [0, 0.1) is 0 Å². The van der Waals surface area contributed by atoms with Crippen molar-refractivity contribution in [1.82, 2.24) is 29.9 Å². The molecule has 0 bridgehead atoms. The second-order valence-electron chi connectivity index (χ2n) is 10.3. The normalized spacial score (nSPS) is 11.5. The Labute approximate surface area is 363 Å². The second kappa shape index (κ2) is 21.8. The van der Waals surface area contributed by atoms with Gasteiger partial charge in [0.05, 0.1) is 36.2 Å². The largest absolute Gasteiger partial charge is 1.00 e. The molecule has 0 fully saturated rings. The number of anilines is 6. The summed E-state index contributed by atoms with van der Waals surface area (Å²) in [5.41, 5.74) is -0.255. The van der Waals surface area contributed by atoms with E-state index in [2.05, 4.69) is 40.5 Å². The van der Waals surface area contributed by atoms with Crippen molar-refractivity contribution in [3.8, 4) is 0 Å². The van der Waals surface area contributed by atoms with Gasteiger partial charge in [0.15, 0.2) is 0 Å². The number of nitrogens with one attached hydrogen (secondary N) is 2. The fraction of sp³-hybridized carbons (Fsp3) is 0.286. The molecule has 0 aliphatic carbocycles. The van der Waals surface area contributed by atoms with Crippen LogP contribution < -0.4 is 79.5 Å². The summed E-state index contributed by atoms with van der Waals surface area (Å²) in [7, 11) is -10.3. The van der Waals surface area contributed by atoms with E-state index in [4.69, 9.17) is 23.2 Å². The summed E-state index contributed by atoms with van der Waals surface area (Å²) in [4.78, 5) is 25.5. The molecule has 54 heavy (non-hydrogen) atoms. The van der Waals surface area contributed by atoms with Gasteiger partial charge in [0.2, 0.25) is 34.4 Å². The van der Waals surface area contributed by atoms with Crippen molar-refractivity contribution >= 4 is 90.8 Å². The Morgan fingerprint density at radius 3 is 1.22 bits per heavy atom. The number of aromatic nitrogens is 6. The zero-order valence-electron chi connectivity index (χ0n) is 28.7. The fourth-order valence-corrected chi connectivity index (χ4v) is 6.25. The van der Waals surface area contributed by atoms with Crippen molar-refractivity contribution in [3.63, 3.8) is 0 Å². The van der Waals surface area contributed by atoms with Crippen LogP contribution in [0.5, 0.6) is 0 Å². The molecule has 0 saturated carbocycles. The van der Waals surface area contributed by atoms with Gasteiger partial charge in [0.1, 0.15) is 20.2 Å². The van der Waals surface area contributed by atoms with Gasteiger partial charge in [-0.1, -0.05) is 24.3 Å². The molecule has 280 valence electrons. The summed E-state index contributed by atoms with van der Waals surface area (Å²) < 4.78 is 73.7. The molecule has 6 N–H and O–H groups in total. The van der Waals surface area contributed by atoms with E-state index in [0.717, 1.165) is 24.3 Å². The van der Waals surface area contributed by atoms with E-state index in [1.165, 1.54) is 34.1 Å². The Bertz CT molecular complexity index is 1980. The van der Waals surface area contributed by atoms with E-state index in [-0.39, 0.29) is 169 Å². The van der Waals surface area contributed by atoms with Gasteiger partial charge in [-0.2, -0.15) is 29.9 Å². The molecule has 2 aromatic carbocycles. The van der Waals surface area contributed by atoms with E-state index < -0.39 is 30.0 Å². The summed E-state index contributed by atoms with van der Waals surface area (Å²) >= 11 is 12.0. The average molecular weight is 848 g/mol. The molecule has 4 rings (SSSR count). The first kappa shape index (κ1) is 47.8. The first-order valence-electron chi connectivity index (χ1n) is 14.8. The van der Waals surface area contributed by atoms with Crippen LogP contribution in [0.2, 0.25) is 10.6 Å². The van der Waals surface area contributed by atoms with Crippen molar-refractivity contribution in [2.24, 2.45) is 0 Å². The minimum absolute atomic E-state index is 0. The molecular formula is C28H30Cl2N10Na2O10S2. The molecule has 2 heterocycles. The Morgan fingerprint density at radius 1 is 0.593 bits per heavy atom. The van der Waals surface area contributed by atoms with Gasteiger partial charge in [-0.25, -0.2) is 16.8 Å². The predicted molar refractivity (Wildman–Crippen MR) is 187 cm³/mol. The molecular weight excluding hydrogens is 817 g/mol. The maximum absolute atomic E-state index is 12.3. The van der Waals surface area contributed by atoms with Gasteiger partial charge in [-0.3, -0.25) is 0 Å². The minimum atomic E-state index is -5.13. The molecule has 20 nitrogen and oxygen atoms in total. The first-order valence-corrected chi connectivity index (χ1v) is 18.4. The average Bonchev–Trinajstić information content (AvgIpc) is 3.06. The molecule has 0 amide bonds. The van der Waals surface area contributed by atoms with E-state index in [1.807, 2.05) is 0 Å². The van der Waals surface area contributed by atoms with Crippen molar-refractivity contribution in [2.45, 2.75) is 9.79 Å². The summed E-state index contributed by atoms with van der Waals surface area (Å²) in [6.45, 7) is -0.926.